The summed E-state index contributed by atoms with van der Waals surface area (Å²) in [5.74, 6) is -1.81. The summed E-state index contributed by atoms with van der Waals surface area (Å²) in [6, 6.07) is 0. The maximum absolute atomic E-state index is 11.7. The summed E-state index contributed by atoms with van der Waals surface area (Å²) in [5, 5.41) is 11.5. The highest BCUT2D eigenvalue weighted by molar-refractivity contribution is 5.96. The number of imidazole rings is 1. The van der Waals surface area contributed by atoms with E-state index in [1.807, 2.05) is 0 Å². The minimum absolute atomic E-state index is 0.0116. The molecule has 1 aliphatic heterocycles. The number of carboxylic acids is 1. The number of ether oxygens (including phenoxy) is 1. The highest BCUT2D eigenvalue weighted by atomic mass is 16.5. The van der Waals surface area contributed by atoms with Crippen LogP contribution in [0.5, 0.6) is 0 Å². The van der Waals surface area contributed by atoms with Gasteiger partial charge in [0.15, 0.2) is 5.54 Å². The molecule has 0 radical (unpaired) electrons. The van der Waals surface area contributed by atoms with Crippen LogP contribution in [0.15, 0.2) is 11.0 Å². The summed E-state index contributed by atoms with van der Waals surface area (Å²) in [6.07, 6.45) is 1.38. The molecule has 1 saturated heterocycles. The lowest BCUT2D eigenvalue weighted by atomic mass is 9.99. The van der Waals surface area contributed by atoms with E-state index in [-0.39, 0.29) is 25.3 Å². The van der Waals surface area contributed by atoms with Crippen molar-refractivity contribution in [2.45, 2.75) is 12.0 Å². The fourth-order valence-electron chi connectivity index (χ4n) is 1.62. The van der Waals surface area contributed by atoms with Crippen molar-refractivity contribution in [2.24, 2.45) is 0 Å². The van der Waals surface area contributed by atoms with Crippen LogP contribution in [0.1, 0.15) is 16.9 Å². The third-order valence-electron chi connectivity index (χ3n) is 2.62. The van der Waals surface area contributed by atoms with E-state index in [9.17, 15) is 14.4 Å². The van der Waals surface area contributed by atoms with E-state index in [0.29, 0.717) is 0 Å². The van der Waals surface area contributed by atoms with Crippen molar-refractivity contribution >= 4 is 11.9 Å². The second-order valence-corrected chi connectivity index (χ2v) is 3.80. The molecule has 1 atom stereocenters. The maximum atomic E-state index is 11.7. The van der Waals surface area contributed by atoms with Crippen LogP contribution in [-0.2, 0) is 9.53 Å². The summed E-state index contributed by atoms with van der Waals surface area (Å²) in [6.45, 7) is 0.193. The zero-order valence-corrected chi connectivity index (χ0v) is 8.78. The third-order valence-corrected chi connectivity index (χ3v) is 2.62. The van der Waals surface area contributed by atoms with E-state index in [1.54, 1.807) is 0 Å². The van der Waals surface area contributed by atoms with Gasteiger partial charge in [0.25, 0.3) is 5.91 Å². The number of amides is 1. The summed E-state index contributed by atoms with van der Waals surface area (Å²) in [5.41, 5.74) is -1.95. The first-order chi connectivity index (χ1) is 8.03. The molecule has 8 heteroatoms. The topological polar surface area (TPSA) is 124 Å². The second-order valence-electron chi connectivity index (χ2n) is 3.80. The Labute approximate surface area is 95.0 Å². The molecule has 1 aromatic rings. The first kappa shape index (κ1) is 11.4. The Bertz CT molecular complexity index is 497. The predicted octanol–water partition coefficient (Wildman–Crippen LogP) is -1.32. The van der Waals surface area contributed by atoms with Gasteiger partial charge in [-0.15, -0.1) is 0 Å². The fourth-order valence-corrected chi connectivity index (χ4v) is 1.62. The van der Waals surface area contributed by atoms with Crippen LogP contribution in [0, 0.1) is 0 Å². The lowest BCUT2D eigenvalue weighted by molar-refractivity contribution is -0.144. The quantitative estimate of drug-likeness (QED) is 0.522. The van der Waals surface area contributed by atoms with Gasteiger partial charge in [-0.2, -0.15) is 0 Å². The van der Waals surface area contributed by atoms with Crippen molar-refractivity contribution in [3.63, 3.8) is 0 Å². The van der Waals surface area contributed by atoms with Gasteiger partial charge in [-0.3, -0.25) is 4.79 Å². The number of hydrogen-bond acceptors (Lipinski definition) is 4. The van der Waals surface area contributed by atoms with Crippen LogP contribution in [0.25, 0.3) is 0 Å². The van der Waals surface area contributed by atoms with Gasteiger partial charge in [0.1, 0.15) is 5.69 Å². The van der Waals surface area contributed by atoms with E-state index in [4.69, 9.17) is 9.84 Å². The molecule has 2 heterocycles. The number of aromatic nitrogens is 2. The molecular weight excluding hydrogens is 230 g/mol. The molecular formula is C9H11N3O5. The lowest BCUT2D eigenvalue weighted by Gasteiger charge is -2.23. The largest absolute Gasteiger partial charge is 0.479 e. The molecule has 92 valence electrons. The van der Waals surface area contributed by atoms with Gasteiger partial charge >= 0.3 is 11.7 Å². The van der Waals surface area contributed by atoms with Crippen LogP contribution >= 0.6 is 0 Å². The molecule has 2 rings (SSSR count). The van der Waals surface area contributed by atoms with E-state index in [0.717, 1.165) is 0 Å². The van der Waals surface area contributed by atoms with Crippen molar-refractivity contribution in [2.75, 3.05) is 13.2 Å². The van der Waals surface area contributed by atoms with Crippen LogP contribution in [0.2, 0.25) is 0 Å². The van der Waals surface area contributed by atoms with Crippen LogP contribution < -0.4 is 11.0 Å². The molecule has 17 heavy (non-hydrogen) atoms. The molecule has 1 aromatic heterocycles. The average Bonchev–Trinajstić information content (AvgIpc) is 2.87. The Kier molecular flexibility index (Phi) is 2.72. The molecule has 1 aliphatic rings. The molecule has 1 fully saturated rings. The van der Waals surface area contributed by atoms with E-state index < -0.39 is 23.1 Å². The Balaban J connectivity index is 2.17. The van der Waals surface area contributed by atoms with Crippen molar-refractivity contribution in [1.82, 2.24) is 15.3 Å². The van der Waals surface area contributed by atoms with E-state index in [1.165, 1.54) is 6.20 Å². The Morgan fingerprint density at radius 2 is 2.29 bits per heavy atom. The Hall–Kier alpha value is -2.09. The van der Waals surface area contributed by atoms with Crippen molar-refractivity contribution < 1.29 is 19.4 Å². The minimum atomic E-state index is -1.41. The number of rotatable bonds is 3. The number of H-pyrrole nitrogens is 2. The maximum Gasteiger partial charge on any atom is 0.331 e. The number of aliphatic carboxylic acids is 1. The van der Waals surface area contributed by atoms with Gasteiger partial charge in [-0.05, 0) is 0 Å². The highest BCUT2D eigenvalue weighted by Gasteiger charge is 2.44. The van der Waals surface area contributed by atoms with Gasteiger partial charge in [0.2, 0.25) is 0 Å². The van der Waals surface area contributed by atoms with Crippen molar-refractivity contribution in [3.8, 4) is 0 Å². The number of carboxylic acid groups (broad SMARTS) is 1. The molecule has 0 spiro atoms. The second kappa shape index (κ2) is 4.06. The lowest BCUT2D eigenvalue weighted by Crippen LogP contribution is -2.55. The zero-order chi connectivity index (χ0) is 12.5. The first-order valence-corrected chi connectivity index (χ1v) is 4.95. The molecule has 1 unspecified atom stereocenters. The van der Waals surface area contributed by atoms with E-state index >= 15 is 0 Å². The molecule has 1 amide bonds. The summed E-state index contributed by atoms with van der Waals surface area (Å²) in [4.78, 5) is 38.2. The molecule has 0 aliphatic carbocycles. The summed E-state index contributed by atoms with van der Waals surface area (Å²) >= 11 is 0. The number of carbonyl (C=O) groups is 2. The van der Waals surface area contributed by atoms with Crippen molar-refractivity contribution in [3.05, 3.63) is 22.4 Å². The van der Waals surface area contributed by atoms with Crippen LogP contribution in [0.4, 0.5) is 0 Å². The van der Waals surface area contributed by atoms with Crippen molar-refractivity contribution in [1.29, 1.82) is 0 Å². The number of hydrogen-bond donors (Lipinski definition) is 4. The van der Waals surface area contributed by atoms with Gasteiger partial charge < -0.3 is 25.1 Å². The predicted molar refractivity (Wildman–Crippen MR) is 54.7 cm³/mol. The first-order valence-electron chi connectivity index (χ1n) is 4.95. The molecule has 0 saturated carbocycles. The SMILES string of the molecule is O=C(NC1(C(=O)O)CCOC1)c1c[nH]c(=O)[nH]1. The number of carbonyl (C=O) groups excluding carboxylic acids is 1. The monoisotopic (exact) mass is 241 g/mol. The zero-order valence-electron chi connectivity index (χ0n) is 8.78. The smallest absolute Gasteiger partial charge is 0.331 e. The third kappa shape index (κ3) is 2.07. The average molecular weight is 241 g/mol. The van der Waals surface area contributed by atoms with Gasteiger partial charge in [0.05, 0.1) is 6.61 Å². The standard InChI is InChI=1S/C9H11N3O5/c13-6(5-3-10-8(16)11-5)12-9(7(14)15)1-2-17-4-9/h3H,1-2,4H2,(H,12,13)(H,14,15)(H2,10,11,16). The summed E-state index contributed by atoms with van der Waals surface area (Å²) < 4.78 is 4.99. The number of nitrogens with one attached hydrogen (secondary N) is 3. The fraction of sp³-hybridized carbons (Fsp3) is 0.444. The number of aromatic amines is 2. The van der Waals surface area contributed by atoms with Gasteiger partial charge in [-0.1, -0.05) is 0 Å². The Morgan fingerprint density at radius 1 is 1.53 bits per heavy atom. The van der Waals surface area contributed by atoms with Crippen LogP contribution in [0.3, 0.4) is 0 Å². The molecule has 0 aromatic carbocycles. The van der Waals surface area contributed by atoms with Gasteiger partial charge in [0, 0.05) is 19.2 Å². The molecule has 8 nitrogen and oxygen atoms in total. The normalized spacial score (nSPS) is 23.5. The molecule has 4 N–H and O–H groups in total. The minimum Gasteiger partial charge on any atom is -0.479 e. The Morgan fingerprint density at radius 3 is 2.76 bits per heavy atom. The molecule has 0 bridgehead atoms. The van der Waals surface area contributed by atoms with E-state index in [2.05, 4.69) is 15.3 Å². The van der Waals surface area contributed by atoms with Gasteiger partial charge in [-0.25, -0.2) is 9.59 Å². The highest BCUT2D eigenvalue weighted by Crippen LogP contribution is 2.19. The van der Waals surface area contributed by atoms with Crippen LogP contribution in [-0.4, -0.2) is 45.7 Å². The summed E-state index contributed by atoms with van der Waals surface area (Å²) in [7, 11) is 0.